The Morgan fingerprint density at radius 1 is 0.760 bits per heavy atom. The van der Waals surface area contributed by atoms with Crippen LogP contribution in [-0.4, -0.2) is 17.4 Å². The molecule has 132 valence electrons. The van der Waals surface area contributed by atoms with E-state index in [1.54, 1.807) is 0 Å². The fraction of sp³-hybridized carbons (Fsp3) is 0.211. The molecule has 2 rings (SSSR count). The zero-order valence-corrected chi connectivity index (χ0v) is 15.8. The van der Waals surface area contributed by atoms with Gasteiger partial charge in [-0.25, -0.2) is 5.43 Å². The van der Waals surface area contributed by atoms with Crippen molar-refractivity contribution in [3.63, 3.8) is 0 Å². The van der Waals surface area contributed by atoms with Crippen molar-refractivity contribution in [3.05, 3.63) is 70.8 Å². The highest BCUT2D eigenvalue weighted by Crippen LogP contribution is 2.05. The Morgan fingerprint density at radius 3 is 1.68 bits per heavy atom. The molecule has 0 amide bonds. The second kappa shape index (κ2) is 9.59. The minimum atomic E-state index is 0. The van der Waals surface area contributed by atoms with Crippen LogP contribution in [0.1, 0.15) is 36.1 Å². The van der Waals surface area contributed by atoms with Crippen LogP contribution >= 0.6 is 12.4 Å². The summed E-state index contributed by atoms with van der Waals surface area (Å²) in [5.41, 5.74) is 14.6. The van der Waals surface area contributed by atoms with Gasteiger partial charge < -0.3 is 5.73 Å². The first-order valence-corrected chi connectivity index (χ1v) is 7.78. The van der Waals surface area contributed by atoms with E-state index in [9.17, 15) is 0 Å². The number of halogens is 1. The van der Waals surface area contributed by atoms with Gasteiger partial charge in [0.2, 0.25) is 5.96 Å². The molecule has 0 spiro atoms. The zero-order chi connectivity index (χ0) is 17.5. The molecule has 0 radical (unpaired) electrons. The van der Waals surface area contributed by atoms with Crippen LogP contribution in [0.3, 0.4) is 0 Å². The van der Waals surface area contributed by atoms with Crippen LogP contribution < -0.4 is 11.2 Å². The quantitative estimate of drug-likeness (QED) is 0.496. The molecule has 25 heavy (non-hydrogen) atoms. The van der Waals surface area contributed by atoms with Gasteiger partial charge in [0, 0.05) is 0 Å². The van der Waals surface area contributed by atoms with Crippen LogP contribution in [0.25, 0.3) is 0 Å². The SMILES string of the molecule is CC(=NN=C(N)NN=C(C)c1ccc(C)cc1)c1ccc(C)cc1.Cl. The van der Waals surface area contributed by atoms with Gasteiger partial charge in [-0.2, -0.15) is 10.2 Å². The molecular weight excluding hydrogens is 334 g/mol. The first kappa shape index (κ1) is 20.4. The molecule has 0 aromatic heterocycles. The zero-order valence-electron chi connectivity index (χ0n) is 14.9. The van der Waals surface area contributed by atoms with Gasteiger partial charge in [-0.3, -0.25) is 0 Å². The van der Waals surface area contributed by atoms with E-state index in [0.717, 1.165) is 22.6 Å². The molecule has 0 aliphatic heterocycles. The number of aryl methyl sites for hydroxylation is 2. The molecule has 3 N–H and O–H groups in total. The Bertz CT molecular complexity index is 774. The predicted molar refractivity (Wildman–Crippen MR) is 109 cm³/mol. The maximum absolute atomic E-state index is 5.80. The lowest BCUT2D eigenvalue weighted by Crippen LogP contribution is -2.27. The van der Waals surface area contributed by atoms with Crippen molar-refractivity contribution in [1.82, 2.24) is 5.43 Å². The molecule has 6 heteroatoms. The normalized spacial score (nSPS) is 12.6. The molecule has 0 aliphatic rings. The van der Waals surface area contributed by atoms with Crippen LogP contribution in [0.2, 0.25) is 0 Å². The molecule has 0 bridgehead atoms. The molecule has 5 nitrogen and oxygen atoms in total. The first-order valence-electron chi connectivity index (χ1n) is 7.78. The fourth-order valence-corrected chi connectivity index (χ4v) is 2.00. The second-order valence-corrected chi connectivity index (χ2v) is 5.71. The lowest BCUT2D eigenvalue weighted by atomic mass is 10.1. The molecule has 2 aromatic carbocycles. The minimum Gasteiger partial charge on any atom is -0.367 e. The van der Waals surface area contributed by atoms with Gasteiger partial charge in [0.25, 0.3) is 0 Å². The topological polar surface area (TPSA) is 75.1 Å². The smallest absolute Gasteiger partial charge is 0.234 e. The van der Waals surface area contributed by atoms with Crippen molar-refractivity contribution in [2.24, 2.45) is 21.0 Å². The number of guanidine groups is 1. The first-order chi connectivity index (χ1) is 11.5. The Hall–Kier alpha value is -2.66. The highest BCUT2D eigenvalue weighted by Gasteiger charge is 1.98. The third-order valence-electron chi connectivity index (χ3n) is 3.58. The van der Waals surface area contributed by atoms with Gasteiger partial charge >= 0.3 is 0 Å². The van der Waals surface area contributed by atoms with Crippen LogP contribution in [0.5, 0.6) is 0 Å². The Balaban J connectivity index is 0.00000312. The Morgan fingerprint density at radius 2 is 1.20 bits per heavy atom. The molecule has 0 aliphatic carbocycles. The molecule has 0 saturated heterocycles. The van der Waals surface area contributed by atoms with Crippen molar-refractivity contribution >= 4 is 29.8 Å². The van der Waals surface area contributed by atoms with E-state index in [4.69, 9.17) is 5.73 Å². The monoisotopic (exact) mass is 357 g/mol. The molecule has 0 fully saturated rings. The summed E-state index contributed by atoms with van der Waals surface area (Å²) in [5.74, 6) is 0.146. The van der Waals surface area contributed by atoms with Gasteiger partial charge in [-0.05, 0) is 38.8 Å². The van der Waals surface area contributed by atoms with E-state index in [1.807, 2.05) is 76.2 Å². The van der Waals surface area contributed by atoms with Crippen molar-refractivity contribution in [3.8, 4) is 0 Å². The number of hydrogen-bond acceptors (Lipinski definition) is 3. The fourth-order valence-electron chi connectivity index (χ4n) is 2.00. The number of nitrogens with one attached hydrogen (secondary N) is 1. The van der Waals surface area contributed by atoms with Gasteiger partial charge in [0.15, 0.2) is 0 Å². The summed E-state index contributed by atoms with van der Waals surface area (Å²) in [5, 5.41) is 12.3. The highest BCUT2D eigenvalue weighted by atomic mass is 35.5. The minimum absolute atomic E-state index is 0. The standard InChI is InChI=1S/C19H23N5.ClH/c1-13-5-9-17(10-6-13)15(3)21-23-19(20)24-22-16(4)18-11-7-14(2)8-12-18;/h5-12H,1-4H3,(H3,20,23,24);1H. The summed E-state index contributed by atoms with van der Waals surface area (Å²) in [7, 11) is 0. The van der Waals surface area contributed by atoms with E-state index in [-0.39, 0.29) is 18.4 Å². The molecule has 2 aromatic rings. The van der Waals surface area contributed by atoms with Crippen molar-refractivity contribution < 1.29 is 0 Å². The third-order valence-corrected chi connectivity index (χ3v) is 3.58. The number of hydrogen-bond donors (Lipinski definition) is 2. The largest absolute Gasteiger partial charge is 0.367 e. The summed E-state index contributed by atoms with van der Waals surface area (Å²) in [6.45, 7) is 7.90. The van der Waals surface area contributed by atoms with Crippen molar-refractivity contribution in [2.45, 2.75) is 27.7 Å². The maximum Gasteiger partial charge on any atom is 0.234 e. The third kappa shape index (κ3) is 6.39. The Labute approximate surface area is 155 Å². The summed E-state index contributed by atoms with van der Waals surface area (Å²) >= 11 is 0. The van der Waals surface area contributed by atoms with E-state index in [1.165, 1.54) is 11.1 Å². The predicted octanol–water partition coefficient (Wildman–Crippen LogP) is 3.78. The number of rotatable bonds is 4. The summed E-state index contributed by atoms with van der Waals surface area (Å²) in [4.78, 5) is 0. The number of nitrogens with zero attached hydrogens (tertiary/aromatic N) is 3. The average molecular weight is 358 g/mol. The van der Waals surface area contributed by atoms with Crippen molar-refractivity contribution in [1.29, 1.82) is 0 Å². The van der Waals surface area contributed by atoms with E-state index in [0.29, 0.717) is 0 Å². The molecule has 0 atom stereocenters. The van der Waals surface area contributed by atoms with Gasteiger partial charge in [0.05, 0.1) is 11.4 Å². The van der Waals surface area contributed by atoms with Crippen LogP contribution in [0.15, 0.2) is 63.8 Å². The van der Waals surface area contributed by atoms with Crippen LogP contribution in [0, 0.1) is 13.8 Å². The highest BCUT2D eigenvalue weighted by molar-refractivity contribution is 6.00. The van der Waals surface area contributed by atoms with Crippen molar-refractivity contribution in [2.75, 3.05) is 0 Å². The molecule has 0 heterocycles. The van der Waals surface area contributed by atoms with E-state index in [2.05, 4.69) is 20.7 Å². The number of nitrogens with two attached hydrogens (primary N) is 1. The molecule has 0 unspecified atom stereocenters. The molecule has 0 saturated carbocycles. The van der Waals surface area contributed by atoms with Gasteiger partial charge in [-0.1, -0.05) is 59.7 Å². The maximum atomic E-state index is 5.80. The van der Waals surface area contributed by atoms with E-state index >= 15 is 0 Å². The summed E-state index contributed by atoms with van der Waals surface area (Å²) in [6, 6.07) is 16.2. The summed E-state index contributed by atoms with van der Waals surface area (Å²) < 4.78 is 0. The van der Waals surface area contributed by atoms with Gasteiger partial charge in [0.1, 0.15) is 0 Å². The second-order valence-electron chi connectivity index (χ2n) is 5.71. The lowest BCUT2D eigenvalue weighted by molar-refractivity contribution is 0.983. The van der Waals surface area contributed by atoms with Crippen LogP contribution in [0.4, 0.5) is 0 Å². The number of benzene rings is 2. The average Bonchev–Trinajstić information content (AvgIpc) is 2.58. The molecular formula is C19H24ClN5. The number of hydrazone groups is 1. The van der Waals surface area contributed by atoms with Gasteiger partial charge in [-0.15, -0.1) is 17.5 Å². The van der Waals surface area contributed by atoms with E-state index < -0.39 is 0 Å². The Kier molecular flexibility index (Phi) is 7.82. The lowest BCUT2D eigenvalue weighted by Gasteiger charge is -2.03. The summed E-state index contributed by atoms with van der Waals surface area (Å²) in [6.07, 6.45) is 0. The van der Waals surface area contributed by atoms with Crippen LogP contribution in [-0.2, 0) is 0 Å².